The van der Waals surface area contributed by atoms with Gasteiger partial charge in [-0.15, -0.1) is 0 Å². The van der Waals surface area contributed by atoms with Gasteiger partial charge in [-0.05, 0) is 36.3 Å². The van der Waals surface area contributed by atoms with E-state index in [-0.39, 0.29) is 5.91 Å². The lowest BCUT2D eigenvalue weighted by atomic mass is 10.1. The van der Waals surface area contributed by atoms with Crippen LogP contribution in [0.15, 0.2) is 75.8 Å². The van der Waals surface area contributed by atoms with Crippen molar-refractivity contribution in [3.05, 3.63) is 82.0 Å². The summed E-state index contributed by atoms with van der Waals surface area (Å²) in [5, 5.41) is 10.9. The van der Waals surface area contributed by atoms with Gasteiger partial charge in [0.1, 0.15) is 5.69 Å². The Labute approximate surface area is 160 Å². The maximum Gasteiger partial charge on any atom is 0.289 e. The summed E-state index contributed by atoms with van der Waals surface area (Å²) in [7, 11) is 0. The molecule has 2 N–H and O–H groups in total. The highest BCUT2D eigenvalue weighted by molar-refractivity contribution is 9.10. The van der Waals surface area contributed by atoms with Gasteiger partial charge in [-0.2, -0.15) is 10.2 Å². The minimum absolute atomic E-state index is 0.343. The van der Waals surface area contributed by atoms with Gasteiger partial charge in [0, 0.05) is 10.0 Å². The molecule has 0 saturated heterocycles. The number of carbonyl (C=O) groups is 1. The molecule has 1 aromatic heterocycles. The van der Waals surface area contributed by atoms with Crippen LogP contribution in [0, 0.1) is 0 Å². The van der Waals surface area contributed by atoms with E-state index < -0.39 is 0 Å². The third-order valence-corrected chi connectivity index (χ3v) is 4.12. The van der Waals surface area contributed by atoms with E-state index >= 15 is 0 Å². The number of rotatable bonds is 5. The number of hydrogen-bond donors (Lipinski definition) is 2. The number of carbonyl (C=O) groups excluding carboxylic acids is 1. The van der Waals surface area contributed by atoms with Crippen molar-refractivity contribution in [1.29, 1.82) is 0 Å². The molecule has 0 radical (unpaired) electrons. The third-order valence-electron chi connectivity index (χ3n) is 3.59. The maximum atomic E-state index is 12.2. The van der Waals surface area contributed by atoms with E-state index in [1.807, 2.05) is 67.6 Å². The van der Waals surface area contributed by atoms with Crippen molar-refractivity contribution in [2.24, 2.45) is 5.10 Å². The lowest BCUT2D eigenvalue weighted by molar-refractivity contribution is 0.0950. The number of amides is 1. The highest BCUT2D eigenvalue weighted by atomic mass is 79.9. The van der Waals surface area contributed by atoms with Crippen molar-refractivity contribution in [3.63, 3.8) is 0 Å². The van der Waals surface area contributed by atoms with Crippen molar-refractivity contribution in [2.75, 3.05) is 0 Å². The number of benzene rings is 2. The van der Waals surface area contributed by atoms with Crippen LogP contribution in [-0.2, 0) is 0 Å². The molecule has 0 atom stereocenters. The van der Waals surface area contributed by atoms with Gasteiger partial charge in [-0.1, -0.05) is 64.5 Å². The zero-order valence-corrected chi connectivity index (χ0v) is 15.7. The highest BCUT2D eigenvalue weighted by Gasteiger charge is 2.10. The van der Waals surface area contributed by atoms with E-state index in [9.17, 15) is 4.79 Å². The van der Waals surface area contributed by atoms with Gasteiger partial charge in [0.25, 0.3) is 5.91 Å². The summed E-state index contributed by atoms with van der Waals surface area (Å²) < 4.78 is 0.989. The molecule has 2 aromatic carbocycles. The van der Waals surface area contributed by atoms with Crippen molar-refractivity contribution >= 4 is 34.1 Å². The third kappa shape index (κ3) is 4.77. The maximum absolute atomic E-state index is 12.2. The minimum atomic E-state index is -0.343. The quantitative estimate of drug-likeness (QED) is 0.476. The van der Waals surface area contributed by atoms with Crippen LogP contribution in [0.1, 0.15) is 23.0 Å². The Hall–Kier alpha value is -2.99. The van der Waals surface area contributed by atoms with E-state index in [0.717, 1.165) is 21.2 Å². The molecule has 1 heterocycles. The minimum Gasteiger partial charge on any atom is -0.272 e. The fourth-order valence-electron chi connectivity index (χ4n) is 2.31. The highest BCUT2D eigenvalue weighted by Crippen LogP contribution is 2.20. The predicted molar refractivity (Wildman–Crippen MR) is 108 cm³/mol. The number of hydrogen-bond acceptors (Lipinski definition) is 3. The van der Waals surface area contributed by atoms with E-state index in [1.54, 1.807) is 12.3 Å². The summed E-state index contributed by atoms with van der Waals surface area (Å²) in [5.41, 5.74) is 6.48. The summed E-state index contributed by atoms with van der Waals surface area (Å²) in [5.74, 6) is -0.343. The monoisotopic (exact) mass is 408 g/mol. The molecule has 1 amide bonds. The lowest BCUT2D eigenvalue weighted by Gasteiger charge is -1.97. The van der Waals surface area contributed by atoms with Crippen molar-refractivity contribution in [3.8, 4) is 11.3 Å². The number of aromatic nitrogens is 2. The molecule has 5 nitrogen and oxygen atoms in total. The molecule has 0 fully saturated rings. The van der Waals surface area contributed by atoms with Crippen LogP contribution in [0.25, 0.3) is 17.3 Å². The van der Waals surface area contributed by atoms with Crippen LogP contribution in [0.5, 0.6) is 0 Å². The summed E-state index contributed by atoms with van der Waals surface area (Å²) in [6.45, 7) is 1.92. The van der Waals surface area contributed by atoms with Crippen LogP contribution in [0.2, 0.25) is 0 Å². The van der Waals surface area contributed by atoms with Crippen molar-refractivity contribution in [1.82, 2.24) is 15.6 Å². The van der Waals surface area contributed by atoms with Crippen LogP contribution in [0.3, 0.4) is 0 Å². The van der Waals surface area contributed by atoms with E-state index in [0.29, 0.717) is 11.4 Å². The van der Waals surface area contributed by atoms with Gasteiger partial charge in [0.15, 0.2) is 0 Å². The average Bonchev–Trinajstić information content (AvgIpc) is 3.13. The molecule has 0 aliphatic carbocycles. The number of nitrogens with one attached hydrogen (secondary N) is 2. The summed E-state index contributed by atoms with van der Waals surface area (Å²) in [6, 6.07) is 19.3. The first kappa shape index (κ1) is 17.8. The SMILES string of the molecule is CC(=Cc1ccccc1)/C=N\NC(=O)c1cc(-c2ccc(Br)cc2)n[nH]1. The molecule has 0 unspecified atom stereocenters. The van der Waals surface area contributed by atoms with Crippen LogP contribution < -0.4 is 5.43 Å². The van der Waals surface area contributed by atoms with Gasteiger partial charge >= 0.3 is 0 Å². The molecular weight excluding hydrogens is 392 g/mol. The first-order valence-corrected chi connectivity index (χ1v) is 8.79. The van der Waals surface area contributed by atoms with Gasteiger partial charge < -0.3 is 0 Å². The Balaban J connectivity index is 1.62. The molecule has 0 aliphatic rings. The normalized spacial score (nSPS) is 11.7. The molecule has 0 spiro atoms. The number of hydrazone groups is 1. The van der Waals surface area contributed by atoms with E-state index in [4.69, 9.17) is 0 Å². The molecule has 6 heteroatoms. The Morgan fingerprint density at radius 1 is 1.15 bits per heavy atom. The van der Waals surface area contributed by atoms with Gasteiger partial charge in [-0.3, -0.25) is 9.89 Å². The number of aromatic amines is 1. The number of H-pyrrole nitrogens is 1. The van der Waals surface area contributed by atoms with Crippen LogP contribution in [0.4, 0.5) is 0 Å². The summed E-state index contributed by atoms with van der Waals surface area (Å²) >= 11 is 3.39. The Bertz CT molecular complexity index is 943. The first-order chi connectivity index (χ1) is 12.6. The van der Waals surface area contributed by atoms with Crippen molar-refractivity contribution in [2.45, 2.75) is 6.92 Å². The molecule has 3 rings (SSSR count). The second-order valence-corrected chi connectivity index (χ2v) is 6.59. The largest absolute Gasteiger partial charge is 0.289 e. The Morgan fingerprint density at radius 2 is 1.88 bits per heavy atom. The van der Waals surface area contributed by atoms with E-state index in [2.05, 4.69) is 36.7 Å². The Kier molecular flexibility index (Phi) is 5.76. The second kappa shape index (κ2) is 8.40. The van der Waals surface area contributed by atoms with Crippen LogP contribution >= 0.6 is 15.9 Å². The molecule has 0 bridgehead atoms. The molecule has 0 saturated carbocycles. The fraction of sp³-hybridized carbons (Fsp3) is 0.0500. The van der Waals surface area contributed by atoms with Crippen molar-refractivity contribution < 1.29 is 4.79 Å². The lowest BCUT2D eigenvalue weighted by Crippen LogP contribution is -2.17. The summed E-state index contributed by atoms with van der Waals surface area (Å²) in [4.78, 5) is 12.2. The zero-order valence-electron chi connectivity index (χ0n) is 14.1. The van der Waals surface area contributed by atoms with Gasteiger partial charge in [0.05, 0.1) is 11.9 Å². The molecule has 26 heavy (non-hydrogen) atoms. The molecule has 0 aliphatic heterocycles. The van der Waals surface area contributed by atoms with Gasteiger partial charge in [0.2, 0.25) is 0 Å². The first-order valence-electron chi connectivity index (χ1n) is 8.00. The summed E-state index contributed by atoms with van der Waals surface area (Å²) in [6.07, 6.45) is 3.59. The smallest absolute Gasteiger partial charge is 0.272 e. The Morgan fingerprint density at radius 3 is 2.62 bits per heavy atom. The zero-order chi connectivity index (χ0) is 18.4. The van der Waals surface area contributed by atoms with E-state index in [1.165, 1.54) is 0 Å². The average molecular weight is 409 g/mol. The molecule has 3 aromatic rings. The number of nitrogens with zero attached hydrogens (tertiary/aromatic N) is 2. The standard InChI is InChI=1S/C20H17BrN4O/c1-14(11-15-5-3-2-4-6-15)13-22-25-20(26)19-12-18(23-24-19)16-7-9-17(21)10-8-16/h2-13H,1H3,(H,23,24)(H,25,26)/b14-11?,22-13-. The molecule has 130 valence electrons. The molecular formula is C20H17BrN4O. The van der Waals surface area contributed by atoms with Gasteiger partial charge in [-0.25, -0.2) is 5.43 Å². The van der Waals surface area contributed by atoms with Crippen LogP contribution in [-0.4, -0.2) is 22.3 Å². The fourth-order valence-corrected chi connectivity index (χ4v) is 2.57. The number of allylic oxidation sites excluding steroid dienone is 1. The topological polar surface area (TPSA) is 70.1 Å². The predicted octanol–water partition coefficient (Wildman–Crippen LogP) is 4.66. The number of halogens is 1. The second-order valence-electron chi connectivity index (χ2n) is 5.67.